The number of rotatable bonds is 7. The van der Waals surface area contributed by atoms with Gasteiger partial charge in [-0.2, -0.15) is 8.78 Å². The minimum absolute atomic E-state index is 0.153. The van der Waals surface area contributed by atoms with Gasteiger partial charge in [0.05, 0.1) is 16.7 Å². The lowest BCUT2D eigenvalue weighted by molar-refractivity contribution is -0.119. The van der Waals surface area contributed by atoms with Gasteiger partial charge in [0.2, 0.25) is 9.84 Å². The Morgan fingerprint density at radius 3 is 2.30 bits per heavy atom. The summed E-state index contributed by atoms with van der Waals surface area (Å²) in [6.45, 7) is -0.597. The zero-order valence-corrected chi connectivity index (χ0v) is 15.9. The maximum absolute atomic E-state index is 12.5. The molecule has 0 radical (unpaired) electrons. The van der Waals surface area contributed by atoms with E-state index >= 15 is 0 Å². The van der Waals surface area contributed by atoms with Crippen LogP contribution >= 0.6 is 0 Å². The van der Waals surface area contributed by atoms with Crippen molar-refractivity contribution in [2.24, 2.45) is 0 Å². The number of amides is 1. The number of benzene rings is 2. The topological polar surface area (TPSA) is 116 Å². The highest BCUT2D eigenvalue weighted by atomic mass is 32.2. The van der Waals surface area contributed by atoms with E-state index in [9.17, 15) is 26.8 Å². The summed E-state index contributed by atoms with van der Waals surface area (Å²) in [4.78, 5) is 27.2. The number of nitrogens with zero attached hydrogens (tertiary/aromatic N) is 1. The van der Waals surface area contributed by atoms with Crippen LogP contribution in [0.1, 0.15) is 10.4 Å². The number of sulfone groups is 1. The number of carbonyl (C=O) groups excluding carboxylic acids is 2. The molecule has 1 heterocycles. The Morgan fingerprint density at radius 2 is 1.73 bits per heavy atom. The fourth-order valence-electron chi connectivity index (χ4n) is 2.37. The Morgan fingerprint density at radius 1 is 1.07 bits per heavy atom. The fourth-order valence-corrected chi connectivity index (χ4v) is 3.09. The molecule has 156 valence electrons. The molecule has 1 N–H and O–H groups in total. The molecule has 0 bridgehead atoms. The molecule has 3 rings (SSSR count). The maximum atomic E-state index is 12.5. The molecule has 0 unspecified atom stereocenters. The standard InChI is InChI=1S/C19H14F2N2O6S/c20-19(21)30(26,27)15-7-5-14(6-8-15)23-17(24)10-28-18(25)13-3-1-12(2-4-13)16-9-22-11-29-16/h1-9,11,19H,10H2,(H,23,24). The Labute approximate surface area is 169 Å². The number of hydrogen-bond donors (Lipinski definition) is 1. The van der Waals surface area contributed by atoms with Crippen molar-refractivity contribution in [1.29, 1.82) is 0 Å². The largest absolute Gasteiger partial charge is 0.452 e. The van der Waals surface area contributed by atoms with E-state index in [4.69, 9.17) is 9.15 Å². The van der Waals surface area contributed by atoms with E-state index in [0.717, 1.165) is 24.3 Å². The van der Waals surface area contributed by atoms with Crippen LogP contribution in [-0.4, -0.2) is 37.6 Å². The van der Waals surface area contributed by atoms with Crippen LogP contribution in [0.5, 0.6) is 0 Å². The minimum Gasteiger partial charge on any atom is -0.452 e. The van der Waals surface area contributed by atoms with Crippen LogP contribution in [0.25, 0.3) is 11.3 Å². The first-order valence-corrected chi connectivity index (χ1v) is 9.90. The second-order valence-corrected chi connectivity index (χ2v) is 7.82. The van der Waals surface area contributed by atoms with E-state index in [2.05, 4.69) is 10.3 Å². The highest BCUT2D eigenvalue weighted by Crippen LogP contribution is 2.21. The number of carbonyl (C=O) groups is 2. The first kappa shape index (κ1) is 21.1. The third-order valence-electron chi connectivity index (χ3n) is 3.87. The number of aromatic nitrogens is 1. The molecule has 11 heteroatoms. The molecular weight excluding hydrogens is 422 g/mol. The van der Waals surface area contributed by atoms with Crippen LogP contribution < -0.4 is 5.32 Å². The van der Waals surface area contributed by atoms with E-state index in [-0.39, 0.29) is 11.3 Å². The van der Waals surface area contributed by atoms with E-state index in [1.165, 1.54) is 24.7 Å². The van der Waals surface area contributed by atoms with Crippen molar-refractivity contribution < 1.29 is 35.9 Å². The minimum atomic E-state index is -4.72. The fraction of sp³-hybridized carbons (Fsp3) is 0.105. The maximum Gasteiger partial charge on any atom is 0.341 e. The lowest BCUT2D eigenvalue weighted by Gasteiger charge is -2.08. The number of halogens is 2. The van der Waals surface area contributed by atoms with Crippen LogP contribution in [0.3, 0.4) is 0 Å². The number of hydrogen-bond acceptors (Lipinski definition) is 7. The molecule has 0 fully saturated rings. The van der Waals surface area contributed by atoms with Gasteiger partial charge in [-0.1, -0.05) is 12.1 Å². The summed E-state index contributed by atoms with van der Waals surface area (Å²) in [7, 11) is -4.72. The van der Waals surface area contributed by atoms with Gasteiger partial charge < -0.3 is 14.5 Å². The number of alkyl halides is 2. The van der Waals surface area contributed by atoms with Crippen LogP contribution in [0.2, 0.25) is 0 Å². The van der Waals surface area contributed by atoms with E-state index < -0.39 is 39.0 Å². The van der Waals surface area contributed by atoms with Crippen molar-refractivity contribution in [3.05, 3.63) is 66.7 Å². The summed E-state index contributed by atoms with van der Waals surface area (Å²) < 4.78 is 57.8. The molecule has 0 saturated carbocycles. The average Bonchev–Trinajstić information content (AvgIpc) is 3.27. The Kier molecular flexibility index (Phi) is 6.21. The first-order valence-electron chi connectivity index (χ1n) is 8.35. The van der Waals surface area contributed by atoms with Crippen molar-refractivity contribution in [2.75, 3.05) is 11.9 Å². The summed E-state index contributed by atoms with van der Waals surface area (Å²) in [5.74, 6) is -4.43. The van der Waals surface area contributed by atoms with Gasteiger partial charge in [0, 0.05) is 11.3 Å². The first-order chi connectivity index (χ1) is 14.3. The second-order valence-electron chi connectivity index (χ2n) is 5.90. The molecule has 30 heavy (non-hydrogen) atoms. The van der Waals surface area contributed by atoms with Gasteiger partial charge in [-0.15, -0.1) is 0 Å². The van der Waals surface area contributed by atoms with Crippen molar-refractivity contribution in [1.82, 2.24) is 4.98 Å². The van der Waals surface area contributed by atoms with Crippen LogP contribution in [0, 0.1) is 0 Å². The van der Waals surface area contributed by atoms with Crippen LogP contribution in [0.4, 0.5) is 14.5 Å². The SMILES string of the molecule is O=C(COC(=O)c1ccc(-c2cnco2)cc1)Nc1ccc(S(=O)(=O)C(F)F)cc1. The molecule has 0 spiro atoms. The van der Waals surface area contributed by atoms with Gasteiger partial charge in [0.15, 0.2) is 18.8 Å². The molecule has 0 saturated heterocycles. The predicted octanol–water partition coefficient (Wildman–Crippen LogP) is 3.13. The molecular formula is C19H14F2N2O6S. The van der Waals surface area contributed by atoms with Gasteiger partial charge in [-0.05, 0) is 36.4 Å². The second kappa shape index (κ2) is 8.82. The Hall–Kier alpha value is -3.60. The number of oxazole rings is 1. The molecule has 0 aliphatic rings. The lowest BCUT2D eigenvalue weighted by atomic mass is 10.1. The molecule has 2 aromatic carbocycles. The lowest BCUT2D eigenvalue weighted by Crippen LogP contribution is -2.21. The van der Waals surface area contributed by atoms with E-state index in [0.29, 0.717) is 11.3 Å². The van der Waals surface area contributed by atoms with Crippen molar-refractivity contribution in [2.45, 2.75) is 10.7 Å². The molecule has 1 amide bonds. The van der Waals surface area contributed by atoms with Crippen molar-refractivity contribution in [3.63, 3.8) is 0 Å². The number of ether oxygens (including phenoxy) is 1. The van der Waals surface area contributed by atoms with Gasteiger partial charge in [0.25, 0.3) is 5.91 Å². The van der Waals surface area contributed by atoms with Crippen LogP contribution in [0.15, 0.2) is 70.4 Å². The Balaban J connectivity index is 1.53. The molecule has 1 aromatic heterocycles. The molecule has 0 aliphatic heterocycles. The predicted molar refractivity (Wildman–Crippen MR) is 100 cm³/mol. The van der Waals surface area contributed by atoms with Crippen molar-refractivity contribution in [3.8, 4) is 11.3 Å². The average molecular weight is 436 g/mol. The monoisotopic (exact) mass is 436 g/mol. The zero-order chi connectivity index (χ0) is 21.7. The van der Waals surface area contributed by atoms with E-state index in [1.807, 2.05) is 0 Å². The smallest absolute Gasteiger partial charge is 0.341 e. The Bertz CT molecular complexity index is 1130. The van der Waals surface area contributed by atoms with Gasteiger partial charge in [0.1, 0.15) is 0 Å². The summed E-state index contributed by atoms with van der Waals surface area (Å²) in [5.41, 5.74) is 1.08. The quantitative estimate of drug-likeness (QED) is 0.566. The summed E-state index contributed by atoms with van der Waals surface area (Å²) in [6.07, 6.45) is 2.80. The normalized spacial score (nSPS) is 11.3. The number of esters is 1. The van der Waals surface area contributed by atoms with Crippen LogP contribution in [-0.2, 0) is 19.4 Å². The summed E-state index contributed by atoms with van der Waals surface area (Å²) >= 11 is 0. The zero-order valence-electron chi connectivity index (χ0n) is 15.1. The van der Waals surface area contributed by atoms with Gasteiger partial charge >= 0.3 is 11.7 Å². The van der Waals surface area contributed by atoms with Crippen molar-refractivity contribution >= 4 is 27.4 Å². The highest BCUT2D eigenvalue weighted by Gasteiger charge is 2.26. The summed E-state index contributed by atoms with van der Waals surface area (Å²) in [6, 6.07) is 10.5. The van der Waals surface area contributed by atoms with E-state index in [1.54, 1.807) is 12.1 Å². The third-order valence-corrected chi connectivity index (χ3v) is 5.27. The third kappa shape index (κ3) is 4.87. The number of anilines is 1. The van der Waals surface area contributed by atoms with Gasteiger partial charge in [-0.3, -0.25) is 4.79 Å². The van der Waals surface area contributed by atoms with Gasteiger partial charge in [-0.25, -0.2) is 18.2 Å². The molecule has 0 aliphatic carbocycles. The molecule has 3 aromatic rings. The highest BCUT2D eigenvalue weighted by molar-refractivity contribution is 7.91. The molecule has 8 nitrogen and oxygen atoms in total. The number of nitrogens with one attached hydrogen (secondary N) is 1. The summed E-state index contributed by atoms with van der Waals surface area (Å²) in [5, 5.41) is 2.37. The molecule has 0 atom stereocenters.